The molecule has 11 heteroatoms. The van der Waals surface area contributed by atoms with Crippen LogP contribution in [-0.4, -0.2) is 118 Å². The number of aliphatic hydroxyl groups is 6. The van der Waals surface area contributed by atoms with E-state index in [0.29, 0.717) is 6.42 Å². The van der Waals surface area contributed by atoms with Gasteiger partial charge in [0.05, 0.1) is 25.4 Å². The molecule has 4 fully saturated rings. The summed E-state index contributed by atoms with van der Waals surface area (Å²) in [5.74, 6) is 0.454. The molecular formula is C32H52O11. The SMILES string of the molecule is C=CC1(C)C=C2CCC3C(C)(C)C(O[C@@H]4O[C@@H](CO)[C@H](O)[C@H]4O)CCC3(C)C2CC1O[C@@H]1O[C@H](CO)[C@@H](OC)[C@H](O)[C@H]1O. The second-order valence-electron chi connectivity index (χ2n) is 14.4. The van der Waals surface area contributed by atoms with Crippen LogP contribution in [0.15, 0.2) is 24.3 Å². The molecule has 2 saturated heterocycles. The van der Waals surface area contributed by atoms with Crippen molar-refractivity contribution >= 4 is 0 Å². The number of hydrogen-bond donors (Lipinski definition) is 6. The van der Waals surface area contributed by atoms with Gasteiger partial charge in [-0.25, -0.2) is 0 Å². The van der Waals surface area contributed by atoms with E-state index >= 15 is 0 Å². The standard InChI is InChI=1S/C32H52O11/c1-7-31(4)13-16-8-9-20-30(2,3)21(42-28-25(37)23(35)18(14-33)40-28)10-11-32(20,5)17(16)12-22(31)43-29-26(38)24(36)27(39-6)19(15-34)41-29/h7,13,17-29,33-38H,1,8-12,14-15H2,2-6H3/t17?,18-,19+,20?,21?,22?,23-,24+,25+,26+,27+,28-,29-,31?,32?/m0/s1. The van der Waals surface area contributed by atoms with E-state index in [4.69, 9.17) is 23.7 Å². The van der Waals surface area contributed by atoms with Crippen LogP contribution in [-0.2, 0) is 23.7 Å². The molecule has 6 unspecified atom stereocenters. The highest BCUT2D eigenvalue weighted by Crippen LogP contribution is 2.64. The number of methoxy groups -OCH3 is 1. The van der Waals surface area contributed by atoms with Crippen LogP contribution in [0.25, 0.3) is 0 Å². The van der Waals surface area contributed by atoms with Crippen LogP contribution in [0.4, 0.5) is 0 Å². The van der Waals surface area contributed by atoms with Gasteiger partial charge < -0.3 is 54.3 Å². The fourth-order valence-electron chi connectivity index (χ4n) is 9.04. The first kappa shape index (κ1) is 33.4. The van der Waals surface area contributed by atoms with Crippen molar-refractivity contribution in [1.29, 1.82) is 0 Å². The third-order valence-corrected chi connectivity index (χ3v) is 11.7. The van der Waals surface area contributed by atoms with Crippen molar-refractivity contribution in [3.8, 4) is 0 Å². The van der Waals surface area contributed by atoms with Gasteiger partial charge in [-0.05, 0) is 54.8 Å². The highest BCUT2D eigenvalue weighted by Gasteiger charge is 2.60. The van der Waals surface area contributed by atoms with Gasteiger partial charge in [0.25, 0.3) is 0 Å². The van der Waals surface area contributed by atoms with E-state index in [1.807, 2.05) is 6.08 Å². The molecule has 5 rings (SSSR count). The molecule has 2 aliphatic heterocycles. The lowest BCUT2D eigenvalue weighted by Crippen LogP contribution is -2.61. The Kier molecular flexibility index (Phi) is 9.58. The number of hydrogen-bond acceptors (Lipinski definition) is 11. The van der Waals surface area contributed by atoms with Crippen LogP contribution >= 0.6 is 0 Å². The monoisotopic (exact) mass is 612 g/mol. The normalized spacial score (nSPS) is 51.3. The van der Waals surface area contributed by atoms with E-state index in [1.54, 1.807) is 0 Å². The molecule has 0 aromatic heterocycles. The van der Waals surface area contributed by atoms with E-state index in [1.165, 1.54) is 12.7 Å². The molecule has 0 radical (unpaired) electrons. The van der Waals surface area contributed by atoms with Crippen molar-refractivity contribution in [2.75, 3.05) is 20.3 Å². The smallest absolute Gasteiger partial charge is 0.187 e. The van der Waals surface area contributed by atoms with E-state index in [2.05, 4.69) is 40.3 Å². The lowest BCUT2D eigenvalue weighted by atomic mass is 9.44. The fourth-order valence-corrected chi connectivity index (χ4v) is 9.04. The average molecular weight is 613 g/mol. The Bertz CT molecular complexity index is 1030. The lowest BCUT2D eigenvalue weighted by Gasteiger charge is -2.62. The van der Waals surface area contributed by atoms with Crippen molar-refractivity contribution < 1.29 is 54.3 Å². The number of fused-ring (bicyclic) bond motifs is 3. The van der Waals surface area contributed by atoms with Gasteiger partial charge in [-0.3, -0.25) is 0 Å². The number of rotatable bonds is 8. The minimum atomic E-state index is -1.36. The zero-order chi connectivity index (χ0) is 31.5. The van der Waals surface area contributed by atoms with Gasteiger partial charge in [0.2, 0.25) is 0 Å². The molecule has 0 aromatic carbocycles. The molecule has 3 aliphatic carbocycles. The molecule has 246 valence electrons. The topological polar surface area (TPSA) is 168 Å². The summed E-state index contributed by atoms with van der Waals surface area (Å²) in [6.07, 6.45) is -2.17. The maximum absolute atomic E-state index is 10.9. The van der Waals surface area contributed by atoms with E-state index in [-0.39, 0.29) is 28.8 Å². The summed E-state index contributed by atoms with van der Waals surface area (Å²) in [4.78, 5) is 0. The number of ether oxygens (including phenoxy) is 5. The summed E-state index contributed by atoms with van der Waals surface area (Å²) in [5.41, 5.74) is 0.458. The third-order valence-electron chi connectivity index (χ3n) is 11.7. The van der Waals surface area contributed by atoms with Gasteiger partial charge in [-0.15, -0.1) is 6.58 Å². The van der Waals surface area contributed by atoms with Crippen molar-refractivity contribution in [3.05, 3.63) is 24.3 Å². The Hall–Kier alpha value is -0.960. The van der Waals surface area contributed by atoms with Crippen LogP contribution in [0.1, 0.15) is 59.8 Å². The molecule has 43 heavy (non-hydrogen) atoms. The first-order valence-electron chi connectivity index (χ1n) is 15.7. The molecular weight excluding hydrogens is 560 g/mol. The summed E-state index contributed by atoms with van der Waals surface area (Å²) in [6, 6.07) is 0. The second kappa shape index (κ2) is 12.3. The van der Waals surface area contributed by atoms with Crippen molar-refractivity contribution in [2.24, 2.45) is 28.1 Å². The Labute approximate surface area is 254 Å². The van der Waals surface area contributed by atoms with Crippen LogP contribution in [0.3, 0.4) is 0 Å². The predicted octanol–water partition coefficient (Wildman–Crippen LogP) is 1.02. The zero-order valence-corrected chi connectivity index (χ0v) is 26.0. The Morgan fingerprint density at radius 3 is 2.07 bits per heavy atom. The van der Waals surface area contributed by atoms with Crippen LogP contribution in [0.2, 0.25) is 0 Å². The van der Waals surface area contributed by atoms with Crippen molar-refractivity contribution in [2.45, 2.75) is 127 Å². The Balaban J connectivity index is 1.36. The molecule has 15 atom stereocenters. The summed E-state index contributed by atoms with van der Waals surface area (Å²) < 4.78 is 29.7. The fraction of sp³-hybridized carbons (Fsp3) is 0.875. The summed E-state index contributed by atoms with van der Waals surface area (Å²) in [5, 5.41) is 61.8. The molecule has 5 aliphatic rings. The Morgan fingerprint density at radius 1 is 0.884 bits per heavy atom. The van der Waals surface area contributed by atoms with Gasteiger partial charge in [-0.2, -0.15) is 0 Å². The van der Waals surface area contributed by atoms with Gasteiger partial charge in [0, 0.05) is 12.5 Å². The molecule has 11 nitrogen and oxygen atoms in total. The minimum absolute atomic E-state index is 0.0970. The average Bonchev–Trinajstić information content (AvgIpc) is 3.25. The third kappa shape index (κ3) is 5.56. The molecule has 2 saturated carbocycles. The molecule has 6 N–H and O–H groups in total. The van der Waals surface area contributed by atoms with E-state index in [9.17, 15) is 30.6 Å². The van der Waals surface area contributed by atoms with Crippen LogP contribution in [0.5, 0.6) is 0 Å². The predicted molar refractivity (Wildman–Crippen MR) is 154 cm³/mol. The molecule has 2 heterocycles. The number of allylic oxidation sites excluding steroid dienone is 1. The minimum Gasteiger partial charge on any atom is -0.394 e. The first-order valence-corrected chi connectivity index (χ1v) is 15.7. The van der Waals surface area contributed by atoms with Gasteiger partial charge in [-0.1, -0.05) is 45.4 Å². The number of aliphatic hydroxyl groups excluding tert-OH is 6. The maximum Gasteiger partial charge on any atom is 0.187 e. The lowest BCUT2D eigenvalue weighted by molar-refractivity contribution is -0.321. The van der Waals surface area contributed by atoms with E-state index in [0.717, 1.165) is 25.7 Å². The first-order chi connectivity index (χ1) is 20.2. The summed E-state index contributed by atoms with van der Waals surface area (Å²) >= 11 is 0. The highest BCUT2D eigenvalue weighted by atomic mass is 16.7. The second-order valence-corrected chi connectivity index (χ2v) is 14.4. The van der Waals surface area contributed by atoms with Crippen LogP contribution in [0, 0.1) is 28.1 Å². The highest BCUT2D eigenvalue weighted by molar-refractivity contribution is 5.29. The molecule has 0 spiro atoms. The molecule has 0 amide bonds. The van der Waals surface area contributed by atoms with Gasteiger partial charge >= 0.3 is 0 Å². The van der Waals surface area contributed by atoms with E-state index < -0.39 is 80.0 Å². The zero-order valence-electron chi connectivity index (χ0n) is 26.0. The molecule has 0 bridgehead atoms. The van der Waals surface area contributed by atoms with Gasteiger partial charge in [0.1, 0.15) is 42.7 Å². The van der Waals surface area contributed by atoms with Crippen LogP contribution < -0.4 is 0 Å². The molecule has 0 aromatic rings. The largest absolute Gasteiger partial charge is 0.394 e. The van der Waals surface area contributed by atoms with Gasteiger partial charge in [0.15, 0.2) is 12.6 Å². The quantitative estimate of drug-likeness (QED) is 0.217. The maximum atomic E-state index is 10.9. The Morgan fingerprint density at radius 2 is 1.49 bits per heavy atom. The summed E-state index contributed by atoms with van der Waals surface area (Å²) in [6.45, 7) is 12.1. The van der Waals surface area contributed by atoms with Crippen molar-refractivity contribution in [1.82, 2.24) is 0 Å². The summed E-state index contributed by atoms with van der Waals surface area (Å²) in [7, 11) is 1.40. The van der Waals surface area contributed by atoms with Crippen molar-refractivity contribution in [3.63, 3.8) is 0 Å².